The van der Waals surface area contributed by atoms with Gasteiger partial charge in [-0.1, -0.05) is 48.0 Å². The summed E-state index contributed by atoms with van der Waals surface area (Å²) in [4.78, 5) is 10.00. The first kappa shape index (κ1) is 15.2. The average Bonchev–Trinajstić information content (AvgIpc) is 2.42. The average molecular weight is 308 g/mol. The van der Waals surface area contributed by atoms with Gasteiger partial charge in [0, 0.05) is 11.8 Å². The lowest BCUT2D eigenvalue weighted by Gasteiger charge is -2.16. The lowest BCUT2D eigenvalue weighted by molar-refractivity contribution is 0.260. The fourth-order valence-electron chi connectivity index (χ4n) is 1.68. The Balaban J connectivity index is 1.84. The van der Waals surface area contributed by atoms with Crippen LogP contribution in [-0.2, 0) is 22.8 Å². The third-order valence-corrected chi connectivity index (χ3v) is 4.22. The van der Waals surface area contributed by atoms with E-state index in [1.165, 1.54) is 0 Å². The van der Waals surface area contributed by atoms with Gasteiger partial charge < -0.3 is 9.42 Å². The van der Waals surface area contributed by atoms with Gasteiger partial charge >= 0.3 is 6.72 Å². The van der Waals surface area contributed by atoms with Gasteiger partial charge in [0.25, 0.3) is 0 Å². The highest BCUT2D eigenvalue weighted by molar-refractivity contribution is 8.07. The molecule has 0 aliphatic rings. The Morgan fingerprint density at radius 1 is 1.05 bits per heavy atom. The minimum atomic E-state index is -3.23. The van der Waals surface area contributed by atoms with E-state index >= 15 is 0 Å². The van der Waals surface area contributed by atoms with Crippen LogP contribution in [-0.4, -0.2) is 11.5 Å². The summed E-state index contributed by atoms with van der Waals surface area (Å²) in [5, 5.41) is 0. The van der Waals surface area contributed by atoms with Crippen molar-refractivity contribution in [3.8, 4) is 5.75 Å². The van der Waals surface area contributed by atoms with Crippen molar-refractivity contribution in [2.75, 3.05) is 6.61 Å². The minimum Gasteiger partial charge on any atom is -0.424 e. The summed E-state index contributed by atoms with van der Waals surface area (Å²) >= 11 is 5.00. The quantitative estimate of drug-likeness (QED) is 0.823. The van der Waals surface area contributed by atoms with E-state index in [1.54, 1.807) is 12.1 Å². The summed E-state index contributed by atoms with van der Waals surface area (Å²) in [5.74, 6) is 0.529. The van der Waals surface area contributed by atoms with Crippen molar-refractivity contribution in [1.82, 2.24) is 0 Å². The fraction of sp³-hybridized carbons (Fsp3) is 0.200. The topological polar surface area (TPSA) is 38.7 Å². The van der Waals surface area contributed by atoms with Crippen LogP contribution in [0.1, 0.15) is 11.1 Å². The van der Waals surface area contributed by atoms with E-state index in [1.807, 2.05) is 49.4 Å². The molecule has 5 heteroatoms. The zero-order chi connectivity index (χ0) is 14.4. The van der Waals surface area contributed by atoms with Crippen LogP contribution in [0.15, 0.2) is 54.6 Å². The monoisotopic (exact) mass is 308 g/mol. The highest BCUT2D eigenvalue weighted by Crippen LogP contribution is 2.44. The van der Waals surface area contributed by atoms with Crippen LogP contribution in [0.3, 0.4) is 0 Å². The Kier molecular flexibility index (Phi) is 5.32. The van der Waals surface area contributed by atoms with Gasteiger partial charge in [0.15, 0.2) is 0 Å². The standard InChI is InChI=1S/C15H17O3PS/c1-13-7-9-15(10-8-13)18-19(16,20)17-12-11-14-5-3-2-4-6-14/h2-10H,11-12H2,1H3,(H,16,20). The van der Waals surface area contributed by atoms with Crippen molar-refractivity contribution in [3.05, 3.63) is 65.7 Å². The summed E-state index contributed by atoms with van der Waals surface area (Å²) in [6, 6.07) is 17.2. The van der Waals surface area contributed by atoms with Crippen LogP contribution in [0.2, 0.25) is 0 Å². The van der Waals surface area contributed by atoms with Gasteiger partial charge in [0.1, 0.15) is 5.75 Å². The van der Waals surface area contributed by atoms with Gasteiger partial charge in [-0.25, -0.2) is 0 Å². The highest BCUT2D eigenvalue weighted by Gasteiger charge is 2.16. The second kappa shape index (κ2) is 7.00. The Labute approximate surface area is 124 Å². The molecule has 0 saturated carbocycles. The van der Waals surface area contributed by atoms with Gasteiger partial charge in [0.05, 0.1) is 6.61 Å². The maximum atomic E-state index is 10.00. The van der Waals surface area contributed by atoms with Crippen molar-refractivity contribution in [2.24, 2.45) is 0 Å². The first-order chi connectivity index (χ1) is 9.55. The van der Waals surface area contributed by atoms with Crippen LogP contribution in [0.5, 0.6) is 5.75 Å². The van der Waals surface area contributed by atoms with Crippen molar-refractivity contribution in [2.45, 2.75) is 13.3 Å². The van der Waals surface area contributed by atoms with Crippen molar-refractivity contribution in [1.29, 1.82) is 0 Å². The first-order valence-electron chi connectivity index (χ1n) is 6.33. The summed E-state index contributed by atoms with van der Waals surface area (Å²) in [7, 11) is 0. The molecule has 106 valence electrons. The summed E-state index contributed by atoms with van der Waals surface area (Å²) in [6.45, 7) is -0.915. The molecule has 0 aliphatic carbocycles. The molecule has 0 fully saturated rings. The third kappa shape index (κ3) is 5.06. The molecule has 2 rings (SSSR count). The maximum absolute atomic E-state index is 10.00. The lowest BCUT2D eigenvalue weighted by Crippen LogP contribution is -2.01. The molecule has 2 aromatic carbocycles. The van der Waals surface area contributed by atoms with Crippen molar-refractivity contribution >= 4 is 18.5 Å². The molecule has 2 aromatic rings. The Morgan fingerprint density at radius 3 is 2.35 bits per heavy atom. The molecule has 0 aromatic heterocycles. The van der Waals surface area contributed by atoms with Crippen LogP contribution in [0, 0.1) is 6.92 Å². The molecule has 0 heterocycles. The number of hydrogen-bond donors (Lipinski definition) is 1. The van der Waals surface area contributed by atoms with Crippen molar-refractivity contribution in [3.63, 3.8) is 0 Å². The Hall–Kier alpha value is -1.19. The molecule has 0 saturated heterocycles. The van der Waals surface area contributed by atoms with E-state index in [9.17, 15) is 4.89 Å². The van der Waals surface area contributed by atoms with Gasteiger partial charge in [-0.05, 0) is 31.0 Å². The van der Waals surface area contributed by atoms with E-state index in [-0.39, 0.29) is 0 Å². The molecule has 0 bridgehead atoms. The predicted octanol–water partition coefficient (Wildman–Crippen LogP) is 3.85. The summed E-state index contributed by atoms with van der Waals surface area (Å²) in [6.07, 6.45) is 0.692. The first-order valence-corrected chi connectivity index (χ1v) is 8.92. The fourth-order valence-corrected chi connectivity index (χ4v) is 2.93. The zero-order valence-corrected chi connectivity index (χ0v) is 12.9. The molecule has 1 atom stereocenters. The largest absolute Gasteiger partial charge is 0.424 e. The third-order valence-electron chi connectivity index (χ3n) is 2.73. The number of rotatable bonds is 6. The molecular weight excluding hydrogens is 291 g/mol. The zero-order valence-electron chi connectivity index (χ0n) is 11.2. The number of hydrogen-bond acceptors (Lipinski definition) is 3. The molecule has 0 radical (unpaired) electrons. The van der Waals surface area contributed by atoms with Crippen molar-refractivity contribution < 1.29 is 13.9 Å². The van der Waals surface area contributed by atoms with Gasteiger partial charge in [-0.3, -0.25) is 4.52 Å². The molecule has 0 spiro atoms. The molecular formula is C15H17O3PS. The lowest BCUT2D eigenvalue weighted by atomic mass is 10.2. The Bertz CT molecular complexity index is 584. The minimum absolute atomic E-state index is 0.337. The molecule has 1 unspecified atom stereocenters. The Morgan fingerprint density at radius 2 is 1.70 bits per heavy atom. The van der Waals surface area contributed by atoms with Gasteiger partial charge in [0.2, 0.25) is 0 Å². The second-order valence-corrected chi connectivity index (χ2v) is 7.20. The smallest absolute Gasteiger partial charge is 0.377 e. The van der Waals surface area contributed by atoms with Gasteiger partial charge in [-0.2, -0.15) is 0 Å². The second-order valence-electron chi connectivity index (χ2n) is 4.44. The predicted molar refractivity (Wildman–Crippen MR) is 84.4 cm³/mol. The van der Waals surface area contributed by atoms with Crippen LogP contribution < -0.4 is 4.52 Å². The van der Waals surface area contributed by atoms with Gasteiger partial charge in [-0.15, -0.1) is 0 Å². The molecule has 3 nitrogen and oxygen atoms in total. The van der Waals surface area contributed by atoms with E-state index in [2.05, 4.69) is 0 Å². The van der Waals surface area contributed by atoms with E-state index < -0.39 is 6.72 Å². The van der Waals surface area contributed by atoms with E-state index in [4.69, 9.17) is 20.9 Å². The van der Waals surface area contributed by atoms with Crippen LogP contribution >= 0.6 is 6.72 Å². The highest BCUT2D eigenvalue weighted by atomic mass is 32.5. The van der Waals surface area contributed by atoms with E-state index in [0.29, 0.717) is 18.8 Å². The van der Waals surface area contributed by atoms with E-state index in [0.717, 1.165) is 11.1 Å². The van der Waals surface area contributed by atoms with Crippen LogP contribution in [0.25, 0.3) is 0 Å². The SMILES string of the molecule is Cc1ccc(OP(O)(=S)OCCc2ccccc2)cc1. The maximum Gasteiger partial charge on any atom is 0.377 e. The number of aryl methyl sites for hydroxylation is 1. The molecule has 0 amide bonds. The number of benzene rings is 2. The van der Waals surface area contributed by atoms with Crippen LogP contribution in [0.4, 0.5) is 0 Å². The summed E-state index contributed by atoms with van der Waals surface area (Å²) < 4.78 is 10.7. The molecule has 0 aliphatic heterocycles. The summed E-state index contributed by atoms with van der Waals surface area (Å²) in [5.41, 5.74) is 2.26. The molecule has 20 heavy (non-hydrogen) atoms. The molecule has 1 N–H and O–H groups in total. The normalized spacial score (nSPS) is 13.7.